The van der Waals surface area contributed by atoms with E-state index in [9.17, 15) is 4.79 Å². The van der Waals surface area contributed by atoms with Gasteiger partial charge in [-0.3, -0.25) is 4.79 Å². The van der Waals surface area contributed by atoms with Crippen LogP contribution in [0.15, 0.2) is 36.4 Å². The van der Waals surface area contributed by atoms with Crippen LogP contribution in [-0.4, -0.2) is 12.4 Å². The minimum Gasteiger partial charge on any atom is -0.489 e. The van der Waals surface area contributed by atoms with E-state index in [1.807, 2.05) is 6.07 Å². The first kappa shape index (κ1) is 13.3. The average molecular weight is 309 g/mol. The van der Waals surface area contributed by atoms with Crippen molar-refractivity contribution in [2.75, 3.05) is 6.61 Å². The molecule has 1 heterocycles. The van der Waals surface area contributed by atoms with Crippen LogP contribution in [0.2, 0.25) is 10.0 Å². The molecule has 1 aliphatic heterocycles. The Labute approximate surface area is 126 Å². The summed E-state index contributed by atoms with van der Waals surface area (Å²) in [5.74, 6) is 1.19. The summed E-state index contributed by atoms with van der Waals surface area (Å²) in [6.07, 6.45) is 0. The topological polar surface area (TPSA) is 35.5 Å². The number of halogens is 2. The molecule has 0 radical (unpaired) electrons. The van der Waals surface area contributed by atoms with Crippen molar-refractivity contribution < 1.29 is 14.3 Å². The molecule has 0 saturated heterocycles. The third-order valence-electron chi connectivity index (χ3n) is 3.02. The molecule has 0 aromatic heterocycles. The lowest BCUT2D eigenvalue weighted by atomic mass is 10.1. The van der Waals surface area contributed by atoms with Crippen LogP contribution in [-0.2, 0) is 6.61 Å². The fraction of sp³-hybridized carbons (Fsp3) is 0.133. The zero-order valence-electron chi connectivity index (χ0n) is 10.4. The molecule has 5 heteroatoms. The Hall–Kier alpha value is -1.71. The molecule has 0 fully saturated rings. The predicted molar refractivity (Wildman–Crippen MR) is 77.1 cm³/mol. The van der Waals surface area contributed by atoms with Crippen molar-refractivity contribution in [2.24, 2.45) is 0 Å². The lowest BCUT2D eigenvalue weighted by Crippen LogP contribution is -1.98. The van der Waals surface area contributed by atoms with Gasteiger partial charge in [0.15, 0.2) is 6.61 Å². The van der Waals surface area contributed by atoms with E-state index in [0.29, 0.717) is 33.7 Å². The summed E-state index contributed by atoms with van der Waals surface area (Å²) in [7, 11) is 0. The molecule has 3 nitrogen and oxygen atoms in total. The van der Waals surface area contributed by atoms with Crippen LogP contribution in [0.4, 0.5) is 0 Å². The van der Waals surface area contributed by atoms with Crippen LogP contribution in [0.5, 0.6) is 11.5 Å². The van der Waals surface area contributed by atoms with Crippen LogP contribution >= 0.6 is 23.2 Å². The van der Waals surface area contributed by atoms with Crippen molar-refractivity contribution >= 4 is 29.0 Å². The molecule has 0 saturated carbocycles. The van der Waals surface area contributed by atoms with Gasteiger partial charge < -0.3 is 9.47 Å². The summed E-state index contributed by atoms with van der Waals surface area (Å²) in [5.41, 5.74) is 1.44. The maximum atomic E-state index is 11.4. The molecular formula is C15H10Cl2O3. The number of hydrogen-bond donors (Lipinski definition) is 0. The molecule has 0 unspecified atom stereocenters. The Morgan fingerprint density at radius 2 is 2.00 bits per heavy atom. The second-order valence-corrected chi connectivity index (χ2v) is 5.24. The molecule has 0 atom stereocenters. The van der Waals surface area contributed by atoms with E-state index in [4.69, 9.17) is 32.7 Å². The number of hydrogen-bond acceptors (Lipinski definition) is 3. The highest BCUT2D eigenvalue weighted by Crippen LogP contribution is 2.30. The molecule has 2 aromatic carbocycles. The normalized spacial score (nSPS) is 13.0. The minimum atomic E-state index is -0.00713. The summed E-state index contributed by atoms with van der Waals surface area (Å²) in [4.78, 5) is 11.4. The van der Waals surface area contributed by atoms with Crippen LogP contribution in [0.1, 0.15) is 15.9 Å². The van der Waals surface area contributed by atoms with Gasteiger partial charge in [0.25, 0.3) is 0 Å². The van der Waals surface area contributed by atoms with Gasteiger partial charge in [0, 0.05) is 21.7 Å². The second-order valence-electron chi connectivity index (χ2n) is 4.39. The van der Waals surface area contributed by atoms with Crippen LogP contribution in [0.3, 0.4) is 0 Å². The first-order valence-electron chi connectivity index (χ1n) is 6.00. The molecule has 1 aliphatic rings. The zero-order valence-corrected chi connectivity index (χ0v) is 11.9. The van der Waals surface area contributed by atoms with Crippen molar-refractivity contribution in [1.82, 2.24) is 0 Å². The van der Waals surface area contributed by atoms with Crippen LogP contribution in [0, 0.1) is 0 Å². The van der Waals surface area contributed by atoms with E-state index >= 15 is 0 Å². The number of benzene rings is 2. The van der Waals surface area contributed by atoms with Gasteiger partial charge >= 0.3 is 0 Å². The molecule has 20 heavy (non-hydrogen) atoms. The number of ketones is 1. The highest BCUT2D eigenvalue weighted by atomic mass is 35.5. The van der Waals surface area contributed by atoms with Gasteiger partial charge in [-0.05, 0) is 24.3 Å². The Morgan fingerprint density at radius 3 is 2.80 bits per heavy atom. The number of carbonyl (C=O) groups excluding carboxylic acids is 1. The van der Waals surface area contributed by atoms with Gasteiger partial charge in [0.1, 0.15) is 18.1 Å². The Morgan fingerprint density at radius 1 is 1.15 bits per heavy atom. The highest BCUT2D eigenvalue weighted by Gasteiger charge is 2.21. The second kappa shape index (κ2) is 5.35. The fourth-order valence-corrected chi connectivity index (χ4v) is 2.43. The van der Waals surface area contributed by atoms with E-state index in [2.05, 4.69) is 0 Å². The summed E-state index contributed by atoms with van der Waals surface area (Å²) >= 11 is 11.9. The van der Waals surface area contributed by atoms with E-state index in [1.54, 1.807) is 30.3 Å². The van der Waals surface area contributed by atoms with E-state index in [1.165, 1.54) is 0 Å². The Bertz CT molecular complexity index is 683. The van der Waals surface area contributed by atoms with Gasteiger partial charge in [-0.1, -0.05) is 29.3 Å². The van der Waals surface area contributed by atoms with Gasteiger partial charge in [0.05, 0.1) is 5.56 Å². The summed E-state index contributed by atoms with van der Waals surface area (Å²) < 4.78 is 10.9. The highest BCUT2D eigenvalue weighted by molar-refractivity contribution is 6.35. The molecule has 2 aromatic rings. The standard InChI is InChI=1S/C15H10Cl2O3/c16-10-2-1-9(13(17)5-10)7-19-11-3-4-12-14(18)8-20-15(12)6-11/h1-6H,7-8H2. The monoisotopic (exact) mass is 308 g/mol. The molecule has 0 bridgehead atoms. The molecule has 0 amide bonds. The maximum Gasteiger partial charge on any atom is 0.203 e. The summed E-state index contributed by atoms with van der Waals surface area (Å²) in [6, 6.07) is 10.4. The number of rotatable bonds is 3. The molecule has 0 aliphatic carbocycles. The third kappa shape index (κ3) is 2.60. The SMILES string of the molecule is O=C1COc2cc(OCc3ccc(Cl)cc3Cl)ccc21. The number of ether oxygens (including phenoxy) is 2. The fourth-order valence-electron chi connectivity index (χ4n) is 1.96. The molecule has 102 valence electrons. The minimum absolute atomic E-state index is 0.00713. The predicted octanol–water partition coefficient (Wildman–Crippen LogP) is 4.15. The number of fused-ring (bicyclic) bond motifs is 1. The van der Waals surface area contributed by atoms with Gasteiger partial charge in [-0.25, -0.2) is 0 Å². The van der Waals surface area contributed by atoms with Gasteiger partial charge in [0.2, 0.25) is 5.78 Å². The number of Topliss-reactive ketones (excluding diaryl/α,β-unsaturated/α-hetero) is 1. The third-order valence-corrected chi connectivity index (χ3v) is 3.61. The molecule has 3 rings (SSSR count). The quantitative estimate of drug-likeness (QED) is 0.854. The Balaban J connectivity index is 1.74. The first-order chi connectivity index (χ1) is 9.63. The molecule has 0 spiro atoms. The first-order valence-corrected chi connectivity index (χ1v) is 6.76. The number of carbonyl (C=O) groups is 1. The van der Waals surface area contributed by atoms with E-state index < -0.39 is 0 Å². The molecule has 0 N–H and O–H groups in total. The molecular weight excluding hydrogens is 299 g/mol. The summed E-state index contributed by atoms with van der Waals surface area (Å²) in [5, 5.41) is 1.15. The largest absolute Gasteiger partial charge is 0.489 e. The van der Waals surface area contributed by atoms with Crippen molar-refractivity contribution in [3.8, 4) is 11.5 Å². The maximum absolute atomic E-state index is 11.4. The van der Waals surface area contributed by atoms with Crippen molar-refractivity contribution in [1.29, 1.82) is 0 Å². The zero-order chi connectivity index (χ0) is 14.1. The van der Waals surface area contributed by atoms with Gasteiger partial charge in [-0.15, -0.1) is 0 Å². The van der Waals surface area contributed by atoms with Crippen molar-refractivity contribution in [3.63, 3.8) is 0 Å². The van der Waals surface area contributed by atoms with Crippen molar-refractivity contribution in [2.45, 2.75) is 6.61 Å². The summed E-state index contributed by atoms with van der Waals surface area (Å²) in [6.45, 7) is 0.421. The van der Waals surface area contributed by atoms with Gasteiger partial charge in [-0.2, -0.15) is 0 Å². The average Bonchev–Trinajstić information content (AvgIpc) is 2.79. The lowest BCUT2D eigenvalue weighted by Gasteiger charge is -2.09. The lowest BCUT2D eigenvalue weighted by molar-refractivity contribution is 0.0961. The van der Waals surface area contributed by atoms with Crippen LogP contribution in [0.25, 0.3) is 0 Å². The van der Waals surface area contributed by atoms with E-state index in [0.717, 1.165) is 5.56 Å². The van der Waals surface area contributed by atoms with E-state index in [-0.39, 0.29) is 12.4 Å². The smallest absolute Gasteiger partial charge is 0.203 e. The van der Waals surface area contributed by atoms with Crippen LogP contribution < -0.4 is 9.47 Å². The van der Waals surface area contributed by atoms with Crippen molar-refractivity contribution in [3.05, 3.63) is 57.6 Å². The Kier molecular flexibility index (Phi) is 3.55.